The Labute approximate surface area is 198 Å². The Hall–Kier alpha value is -2.60. The number of amides is 1. The molecule has 172 valence electrons. The third-order valence-corrected chi connectivity index (χ3v) is 7.94. The molecule has 5 rings (SSSR count). The van der Waals surface area contributed by atoms with Gasteiger partial charge in [-0.2, -0.15) is 0 Å². The number of thiazole rings is 1. The molecule has 2 atom stereocenters. The summed E-state index contributed by atoms with van der Waals surface area (Å²) in [5.74, 6) is 0.0923. The molecule has 1 N–H and O–H groups in total. The van der Waals surface area contributed by atoms with Crippen molar-refractivity contribution in [2.45, 2.75) is 35.9 Å². The highest BCUT2D eigenvalue weighted by Crippen LogP contribution is 2.35. The van der Waals surface area contributed by atoms with Crippen molar-refractivity contribution in [2.75, 3.05) is 32.0 Å². The molecule has 4 aromatic rings. The molecule has 0 spiro atoms. The smallest absolute Gasteiger partial charge is 0.240 e. The molecule has 0 saturated carbocycles. The number of nitrogens with zero attached hydrogens (tertiary/aromatic N) is 6. The zero-order valence-corrected chi connectivity index (χ0v) is 20.2. The summed E-state index contributed by atoms with van der Waals surface area (Å²) in [6.45, 7) is 6.34. The van der Waals surface area contributed by atoms with Crippen LogP contribution in [0, 0.1) is 5.82 Å². The van der Waals surface area contributed by atoms with E-state index in [1.54, 1.807) is 24.5 Å². The Morgan fingerprint density at radius 2 is 2.06 bits per heavy atom. The van der Waals surface area contributed by atoms with Crippen LogP contribution in [0.25, 0.3) is 16.0 Å². The second-order valence-electron chi connectivity index (χ2n) is 8.36. The Morgan fingerprint density at radius 1 is 1.27 bits per heavy atom. The maximum Gasteiger partial charge on any atom is 0.240 e. The summed E-state index contributed by atoms with van der Waals surface area (Å²) in [5, 5.41) is 4.14. The summed E-state index contributed by atoms with van der Waals surface area (Å²) in [6.07, 6.45) is 5.19. The van der Waals surface area contributed by atoms with E-state index in [0.717, 1.165) is 22.8 Å². The minimum atomic E-state index is -0.366. The summed E-state index contributed by atoms with van der Waals surface area (Å²) >= 11 is 2.62. The van der Waals surface area contributed by atoms with E-state index >= 15 is 0 Å². The van der Waals surface area contributed by atoms with E-state index in [4.69, 9.17) is 0 Å². The molecule has 0 bridgehead atoms. The SMILES string of the molecule is CC1CN(CC(=O)Nc2nc3cc(F)c(Sc4cnc5ncccn45)cc3s2)CC(C)N1C. The van der Waals surface area contributed by atoms with Gasteiger partial charge in [0.1, 0.15) is 10.8 Å². The van der Waals surface area contributed by atoms with Crippen LogP contribution in [-0.2, 0) is 4.79 Å². The van der Waals surface area contributed by atoms with Crippen molar-refractivity contribution < 1.29 is 9.18 Å². The number of rotatable bonds is 5. The predicted octanol–water partition coefficient (Wildman–Crippen LogP) is 3.59. The van der Waals surface area contributed by atoms with Gasteiger partial charge in [0.2, 0.25) is 11.7 Å². The third kappa shape index (κ3) is 4.58. The molecular formula is C22H24FN7OS2. The van der Waals surface area contributed by atoms with Crippen LogP contribution >= 0.6 is 23.1 Å². The number of halogens is 1. The molecule has 33 heavy (non-hydrogen) atoms. The molecule has 4 heterocycles. The van der Waals surface area contributed by atoms with Gasteiger partial charge in [-0.15, -0.1) is 0 Å². The number of likely N-dealkylation sites (N-methyl/N-ethyl adjacent to an activating group) is 1. The third-order valence-electron chi connectivity index (χ3n) is 5.96. The van der Waals surface area contributed by atoms with E-state index in [1.807, 2.05) is 10.6 Å². The number of piperazine rings is 1. The molecule has 1 aliphatic rings. The summed E-state index contributed by atoms with van der Waals surface area (Å²) in [6, 6.07) is 5.77. The molecule has 0 radical (unpaired) electrons. The van der Waals surface area contributed by atoms with Gasteiger partial charge in [0.05, 0.1) is 27.9 Å². The zero-order valence-electron chi connectivity index (χ0n) is 18.5. The van der Waals surface area contributed by atoms with E-state index in [-0.39, 0.29) is 11.7 Å². The summed E-state index contributed by atoms with van der Waals surface area (Å²) in [5.41, 5.74) is 0.527. The van der Waals surface area contributed by atoms with Gasteiger partial charge in [0.15, 0.2) is 5.13 Å². The fourth-order valence-electron chi connectivity index (χ4n) is 4.06. The molecule has 3 aromatic heterocycles. The average molecular weight is 486 g/mol. The minimum Gasteiger partial charge on any atom is -0.301 e. The number of hydrogen-bond acceptors (Lipinski definition) is 8. The molecule has 8 nitrogen and oxygen atoms in total. The Balaban J connectivity index is 1.30. The molecule has 1 saturated heterocycles. The van der Waals surface area contributed by atoms with Crippen LogP contribution in [0.1, 0.15) is 13.8 Å². The monoisotopic (exact) mass is 485 g/mol. The van der Waals surface area contributed by atoms with Crippen molar-refractivity contribution in [2.24, 2.45) is 0 Å². The highest BCUT2D eigenvalue weighted by molar-refractivity contribution is 7.99. The number of aromatic nitrogens is 4. The topological polar surface area (TPSA) is 78.7 Å². The van der Waals surface area contributed by atoms with Gasteiger partial charge in [-0.05, 0) is 33.0 Å². The Bertz CT molecular complexity index is 1310. The standard InChI is InChI=1S/C22H24FN7OS2/c1-13-10-29(11-14(2)28(13)3)12-19(31)27-22-26-16-7-15(23)17(8-18(16)33-22)32-20-9-25-21-24-5-4-6-30(20)21/h4-9,13-14H,10-12H2,1-3H3,(H,26,27,31). The number of nitrogens with one attached hydrogen (secondary N) is 1. The highest BCUT2D eigenvalue weighted by atomic mass is 32.2. The van der Waals surface area contributed by atoms with Crippen LogP contribution in [0.4, 0.5) is 9.52 Å². The molecule has 1 fully saturated rings. The molecule has 1 aromatic carbocycles. The normalized spacial score (nSPS) is 20.0. The van der Waals surface area contributed by atoms with Crippen LogP contribution in [-0.4, -0.2) is 73.8 Å². The number of hydrogen-bond donors (Lipinski definition) is 1. The summed E-state index contributed by atoms with van der Waals surface area (Å²) in [4.78, 5) is 30.4. The largest absolute Gasteiger partial charge is 0.301 e. The van der Waals surface area contributed by atoms with Crippen molar-refractivity contribution in [3.05, 3.63) is 42.6 Å². The second kappa shape index (κ2) is 8.98. The van der Waals surface area contributed by atoms with Gasteiger partial charge in [0, 0.05) is 43.6 Å². The van der Waals surface area contributed by atoms with Crippen LogP contribution in [0.3, 0.4) is 0 Å². The van der Waals surface area contributed by atoms with E-state index in [2.05, 4.69) is 51.0 Å². The highest BCUT2D eigenvalue weighted by Gasteiger charge is 2.27. The lowest BCUT2D eigenvalue weighted by molar-refractivity contribution is -0.118. The van der Waals surface area contributed by atoms with E-state index in [0.29, 0.717) is 39.9 Å². The van der Waals surface area contributed by atoms with Crippen LogP contribution in [0.15, 0.2) is 46.7 Å². The lowest BCUT2D eigenvalue weighted by Gasteiger charge is -2.42. The molecular weight excluding hydrogens is 461 g/mol. The fraction of sp³-hybridized carbons (Fsp3) is 0.364. The number of benzene rings is 1. The van der Waals surface area contributed by atoms with E-state index in [9.17, 15) is 9.18 Å². The number of carbonyl (C=O) groups excluding carboxylic acids is 1. The molecule has 2 unspecified atom stereocenters. The first-order chi connectivity index (χ1) is 15.9. The average Bonchev–Trinajstić information content (AvgIpc) is 3.35. The summed E-state index contributed by atoms with van der Waals surface area (Å²) in [7, 11) is 2.12. The van der Waals surface area contributed by atoms with Crippen molar-refractivity contribution in [3.8, 4) is 0 Å². The quantitative estimate of drug-likeness (QED) is 0.463. The Kier molecular flexibility index (Phi) is 6.04. The molecule has 11 heteroatoms. The van der Waals surface area contributed by atoms with Gasteiger partial charge in [-0.25, -0.2) is 19.3 Å². The van der Waals surface area contributed by atoms with E-state index < -0.39 is 0 Å². The predicted molar refractivity (Wildman–Crippen MR) is 128 cm³/mol. The van der Waals surface area contributed by atoms with Gasteiger partial charge < -0.3 is 5.32 Å². The van der Waals surface area contributed by atoms with Crippen LogP contribution in [0.5, 0.6) is 0 Å². The van der Waals surface area contributed by atoms with Gasteiger partial charge in [0.25, 0.3) is 0 Å². The zero-order chi connectivity index (χ0) is 23.1. The molecule has 0 aliphatic carbocycles. The maximum absolute atomic E-state index is 14.8. The minimum absolute atomic E-state index is 0.105. The number of imidazole rings is 1. The van der Waals surface area contributed by atoms with Gasteiger partial charge in [-0.3, -0.25) is 19.0 Å². The van der Waals surface area contributed by atoms with Crippen LogP contribution in [0.2, 0.25) is 0 Å². The summed E-state index contributed by atoms with van der Waals surface area (Å²) < 4.78 is 17.4. The van der Waals surface area contributed by atoms with Gasteiger partial charge in [-0.1, -0.05) is 23.1 Å². The fourth-order valence-corrected chi connectivity index (χ4v) is 5.94. The first-order valence-corrected chi connectivity index (χ1v) is 12.3. The second-order valence-corrected chi connectivity index (χ2v) is 10.5. The van der Waals surface area contributed by atoms with Gasteiger partial charge >= 0.3 is 0 Å². The van der Waals surface area contributed by atoms with Crippen molar-refractivity contribution in [1.82, 2.24) is 29.2 Å². The van der Waals surface area contributed by atoms with E-state index in [1.165, 1.54) is 29.2 Å². The maximum atomic E-state index is 14.8. The number of carbonyl (C=O) groups is 1. The molecule has 1 aliphatic heterocycles. The van der Waals surface area contributed by atoms with Crippen molar-refractivity contribution >= 4 is 50.1 Å². The van der Waals surface area contributed by atoms with Crippen molar-refractivity contribution in [3.63, 3.8) is 0 Å². The number of fused-ring (bicyclic) bond motifs is 2. The van der Waals surface area contributed by atoms with Crippen LogP contribution < -0.4 is 5.32 Å². The number of anilines is 1. The lowest BCUT2D eigenvalue weighted by atomic mass is 10.1. The van der Waals surface area contributed by atoms with Crippen molar-refractivity contribution in [1.29, 1.82) is 0 Å². The lowest BCUT2D eigenvalue weighted by Crippen LogP contribution is -2.56. The molecule has 1 amide bonds. The first-order valence-electron chi connectivity index (χ1n) is 10.7. The first kappa shape index (κ1) is 22.2. The Morgan fingerprint density at radius 3 is 2.85 bits per heavy atom.